The molecule has 0 aliphatic heterocycles. The number of phenolic OH excluding ortho intramolecular Hbond substituents is 1. The van der Waals surface area contributed by atoms with Gasteiger partial charge >= 0.3 is 0 Å². The first-order valence-electron chi connectivity index (χ1n) is 6.76. The van der Waals surface area contributed by atoms with Crippen molar-refractivity contribution in [2.45, 2.75) is 19.1 Å². The van der Waals surface area contributed by atoms with E-state index in [2.05, 4.69) is 4.72 Å². The van der Waals surface area contributed by atoms with Crippen LogP contribution in [0.4, 0.5) is 0 Å². The number of benzene rings is 2. The van der Waals surface area contributed by atoms with Gasteiger partial charge in [-0.3, -0.25) is 0 Å². The molecule has 0 atom stereocenters. The summed E-state index contributed by atoms with van der Waals surface area (Å²) < 4.78 is 26.5. The Morgan fingerprint density at radius 2 is 1.71 bits per heavy atom. The monoisotopic (exact) mass is 305 g/mol. The molecule has 0 spiro atoms. The average molecular weight is 305 g/mol. The first-order chi connectivity index (χ1) is 9.96. The predicted octanol–water partition coefficient (Wildman–Crippen LogP) is 2.36. The molecule has 2 rings (SSSR count). The number of aromatic hydroxyl groups is 1. The molecule has 0 amide bonds. The van der Waals surface area contributed by atoms with Crippen LogP contribution in [0.3, 0.4) is 0 Å². The van der Waals surface area contributed by atoms with Crippen molar-refractivity contribution in [1.82, 2.24) is 4.72 Å². The maximum Gasteiger partial charge on any atom is 0.215 e. The molecular weight excluding hydrogens is 286 g/mol. The number of hydrogen-bond acceptors (Lipinski definition) is 3. The number of phenols is 1. The molecule has 0 saturated carbocycles. The van der Waals surface area contributed by atoms with Gasteiger partial charge in [-0.05, 0) is 30.5 Å². The van der Waals surface area contributed by atoms with Gasteiger partial charge in [-0.25, -0.2) is 13.1 Å². The van der Waals surface area contributed by atoms with E-state index in [0.29, 0.717) is 6.42 Å². The Morgan fingerprint density at radius 1 is 1.05 bits per heavy atom. The third-order valence-corrected chi connectivity index (χ3v) is 4.54. The Morgan fingerprint density at radius 3 is 2.38 bits per heavy atom. The molecule has 0 radical (unpaired) electrons. The van der Waals surface area contributed by atoms with Gasteiger partial charge in [0.2, 0.25) is 10.0 Å². The van der Waals surface area contributed by atoms with Crippen molar-refractivity contribution in [3.8, 4) is 5.75 Å². The minimum Gasteiger partial charge on any atom is -0.508 e. The van der Waals surface area contributed by atoms with E-state index in [1.165, 1.54) is 0 Å². The van der Waals surface area contributed by atoms with Crippen LogP contribution in [-0.4, -0.2) is 20.1 Å². The standard InChI is InChI=1S/C16H19NO3S/c1-13-6-8-14(9-7-13)12-21(19,20)17-11-10-15-4-2-3-5-16(15)18/h2-9,17-18H,10-12H2,1H3. The molecular formula is C16H19NO3S. The highest BCUT2D eigenvalue weighted by molar-refractivity contribution is 7.88. The molecule has 2 N–H and O–H groups in total. The largest absolute Gasteiger partial charge is 0.508 e. The van der Waals surface area contributed by atoms with Gasteiger partial charge < -0.3 is 5.11 Å². The van der Waals surface area contributed by atoms with Gasteiger partial charge in [0.05, 0.1) is 5.75 Å². The van der Waals surface area contributed by atoms with Gasteiger partial charge in [-0.2, -0.15) is 0 Å². The Labute approximate surface area is 125 Å². The fourth-order valence-corrected chi connectivity index (χ4v) is 3.16. The SMILES string of the molecule is Cc1ccc(CS(=O)(=O)NCCc2ccccc2O)cc1. The van der Waals surface area contributed by atoms with Crippen LogP contribution in [0.1, 0.15) is 16.7 Å². The van der Waals surface area contributed by atoms with Crippen molar-refractivity contribution in [3.05, 3.63) is 65.2 Å². The quantitative estimate of drug-likeness (QED) is 0.861. The Bertz CT molecular complexity index is 694. The second kappa shape index (κ2) is 6.74. The number of aryl methyl sites for hydroxylation is 1. The van der Waals surface area contributed by atoms with Crippen LogP contribution in [0, 0.1) is 6.92 Å². The summed E-state index contributed by atoms with van der Waals surface area (Å²) in [6.07, 6.45) is 0.458. The highest BCUT2D eigenvalue weighted by atomic mass is 32.2. The summed E-state index contributed by atoms with van der Waals surface area (Å²) in [5.41, 5.74) is 2.59. The predicted molar refractivity (Wildman–Crippen MR) is 83.6 cm³/mol. The van der Waals surface area contributed by atoms with Crippen LogP contribution in [0.15, 0.2) is 48.5 Å². The molecule has 0 heterocycles. The Kier molecular flexibility index (Phi) is 4.98. The summed E-state index contributed by atoms with van der Waals surface area (Å²) >= 11 is 0. The van der Waals surface area contributed by atoms with E-state index in [4.69, 9.17) is 0 Å². The number of rotatable bonds is 6. The van der Waals surface area contributed by atoms with Crippen molar-refractivity contribution >= 4 is 10.0 Å². The molecule has 5 heteroatoms. The Balaban J connectivity index is 1.90. The summed E-state index contributed by atoms with van der Waals surface area (Å²) in [6, 6.07) is 14.4. The lowest BCUT2D eigenvalue weighted by Gasteiger charge is -2.08. The zero-order chi connectivity index (χ0) is 15.3. The third kappa shape index (κ3) is 4.88. The summed E-state index contributed by atoms with van der Waals surface area (Å²) in [6.45, 7) is 2.23. The van der Waals surface area contributed by atoms with Crippen LogP contribution < -0.4 is 4.72 Å². The highest BCUT2D eigenvalue weighted by Crippen LogP contribution is 2.15. The second-order valence-electron chi connectivity index (χ2n) is 5.02. The van der Waals surface area contributed by atoms with Crippen molar-refractivity contribution in [3.63, 3.8) is 0 Å². The lowest BCUT2D eigenvalue weighted by Crippen LogP contribution is -2.27. The highest BCUT2D eigenvalue weighted by Gasteiger charge is 2.11. The lowest BCUT2D eigenvalue weighted by atomic mass is 10.1. The molecule has 0 aromatic heterocycles. The average Bonchev–Trinajstić information content (AvgIpc) is 2.43. The smallest absolute Gasteiger partial charge is 0.215 e. The summed E-state index contributed by atoms with van der Waals surface area (Å²) in [5.74, 6) is 0.156. The summed E-state index contributed by atoms with van der Waals surface area (Å²) in [5, 5.41) is 9.62. The van der Waals surface area contributed by atoms with Crippen molar-refractivity contribution in [2.75, 3.05) is 6.54 Å². The van der Waals surface area contributed by atoms with E-state index >= 15 is 0 Å². The molecule has 0 bridgehead atoms. The fraction of sp³-hybridized carbons (Fsp3) is 0.250. The molecule has 21 heavy (non-hydrogen) atoms. The molecule has 0 aliphatic carbocycles. The summed E-state index contributed by atoms with van der Waals surface area (Å²) in [4.78, 5) is 0. The Hall–Kier alpha value is -1.85. The van der Waals surface area contributed by atoms with Crippen molar-refractivity contribution < 1.29 is 13.5 Å². The zero-order valence-corrected chi connectivity index (χ0v) is 12.7. The van der Waals surface area contributed by atoms with Crippen molar-refractivity contribution in [1.29, 1.82) is 0 Å². The van der Waals surface area contributed by atoms with E-state index in [1.54, 1.807) is 18.2 Å². The molecule has 0 fully saturated rings. The minimum absolute atomic E-state index is 0.0337. The number of sulfonamides is 1. The molecule has 4 nitrogen and oxygen atoms in total. The maximum atomic E-state index is 12.0. The van der Waals surface area contributed by atoms with Gasteiger partial charge in [0.25, 0.3) is 0 Å². The van der Waals surface area contributed by atoms with E-state index in [1.807, 2.05) is 37.3 Å². The fourth-order valence-electron chi connectivity index (χ4n) is 2.02. The van der Waals surface area contributed by atoms with Crippen LogP contribution in [0.2, 0.25) is 0 Å². The van der Waals surface area contributed by atoms with E-state index < -0.39 is 10.0 Å². The van der Waals surface area contributed by atoms with E-state index in [0.717, 1.165) is 16.7 Å². The number of para-hydroxylation sites is 1. The second-order valence-corrected chi connectivity index (χ2v) is 6.82. The molecule has 0 aliphatic rings. The van der Waals surface area contributed by atoms with Gasteiger partial charge in [0, 0.05) is 6.54 Å². The lowest BCUT2D eigenvalue weighted by molar-refractivity contribution is 0.467. The van der Waals surface area contributed by atoms with E-state index in [9.17, 15) is 13.5 Å². The molecule has 0 unspecified atom stereocenters. The number of nitrogens with one attached hydrogen (secondary N) is 1. The first-order valence-corrected chi connectivity index (χ1v) is 8.41. The van der Waals surface area contributed by atoms with Crippen LogP contribution >= 0.6 is 0 Å². The van der Waals surface area contributed by atoms with Gasteiger partial charge in [-0.1, -0.05) is 48.0 Å². The summed E-state index contributed by atoms with van der Waals surface area (Å²) in [7, 11) is -3.36. The zero-order valence-electron chi connectivity index (χ0n) is 11.9. The molecule has 2 aromatic carbocycles. The number of hydrogen-bond donors (Lipinski definition) is 2. The van der Waals surface area contributed by atoms with Crippen LogP contribution in [-0.2, 0) is 22.2 Å². The maximum absolute atomic E-state index is 12.0. The third-order valence-electron chi connectivity index (χ3n) is 3.19. The van der Waals surface area contributed by atoms with Crippen LogP contribution in [0.25, 0.3) is 0 Å². The van der Waals surface area contributed by atoms with E-state index in [-0.39, 0.29) is 18.0 Å². The molecule has 112 valence electrons. The van der Waals surface area contributed by atoms with Crippen molar-refractivity contribution in [2.24, 2.45) is 0 Å². The van der Waals surface area contributed by atoms with Gasteiger partial charge in [-0.15, -0.1) is 0 Å². The van der Waals surface area contributed by atoms with Crippen LogP contribution in [0.5, 0.6) is 5.75 Å². The normalized spacial score (nSPS) is 11.5. The van der Waals surface area contributed by atoms with Gasteiger partial charge in [0.1, 0.15) is 5.75 Å². The molecule has 2 aromatic rings. The first kappa shape index (κ1) is 15.5. The van der Waals surface area contributed by atoms with Gasteiger partial charge in [0.15, 0.2) is 0 Å². The molecule has 0 saturated heterocycles. The topological polar surface area (TPSA) is 66.4 Å². The minimum atomic E-state index is -3.36.